The van der Waals surface area contributed by atoms with E-state index < -0.39 is 11.9 Å². The smallest absolute Gasteiger partial charge is 0.243 e. The third-order valence-corrected chi connectivity index (χ3v) is 1.89. The Morgan fingerprint density at radius 2 is 1.87 bits per heavy atom. The summed E-state index contributed by atoms with van der Waals surface area (Å²) in [6.07, 6.45) is 4.88. The van der Waals surface area contributed by atoms with Crippen LogP contribution in [-0.4, -0.2) is 16.5 Å². The number of aromatic nitrogens is 2. The van der Waals surface area contributed by atoms with E-state index >= 15 is 0 Å². The molecular weight excluding hydrogens is 200 g/mol. The predicted molar refractivity (Wildman–Crippen MR) is 43.9 cm³/mol. The molecule has 0 saturated carbocycles. The Morgan fingerprint density at radius 1 is 1.20 bits per heavy atom. The number of aryl methyl sites for hydroxylation is 2. The van der Waals surface area contributed by atoms with Gasteiger partial charge in [-0.1, -0.05) is 0 Å². The maximum absolute atomic E-state index is 10.2. The molecule has 1 rings (SSSR count). The molecule has 0 atom stereocenters. The molecule has 0 aliphatic heterocycles. The molecular formula is C9H11N2O4-. The van der Waals surface area contributed by atoms with Crippen LogP contribution >= 0.6 is 0 Å². The Kier molecular flexibility index (Phi) is 3.84. The molecule has 0 spiro atoms. The van der Waals surface area contributed by atoms with Gasteiger partial charge in [-0.2, -0.15) is 0 Å². The highest BCUT2D eigenvalue weighted by Gasteiger charge is 2.03. The van der Waals surface area contributed by atoms with Crippen molar-refractivity contribution in [3.05, 3.63) is 18.7 Å². The first kappa shape index (κ1) is 11.2. The molecule has 1 aromatic heterocycles. The van der Waals surface area contributed by atoms with Crippen LogP contribution in [0.4, 0.5) is 0 Å². The van der Waals surface area contributed by atoms with Crippen molar-refractivity contribution in [3.8, 4) is 0 Å². The standard InChI is InChI=1S/C9H12N2O4/c12-8(13)1-3-10-5-6-11(7-10)4-2-9(14)15/h5-7H,1-4H2,(H-,12,13,14,15)/p-1. The van der Waals surface area contributed by atoms with Crippen molar-refractivity contribution in [2.24, 2.45) is 0 Å². The van der Waals surface area contributed by atoms with E-state index in [1.807, 2.05) is 0 Å². The first-order chi connectivity index (χ1) is 7.08. The monoisotopic (exact) mass is 211 g/mol. The number of nitrogens with zero attached hydrogens (tertiary/aromatic N) is 2. The van der Waals surface area contributed by atoms with E-state index in [1.165, 1.54) is 0 Å². The van der Waals surface area contributed by atoms with Gasteiger partial charge in [-0.25, -0.2) is 9.13 Å². The Labute approximate surface area is 86.4 Å². The van der Waals surface area contributed by atoms with E-state index in [1.54, 1.807) is 27.9 Å². The van der Waals surface area contributed by atoms with Gasteiger partial charge >= 0.3 is 0 Å². The summed E-state index contributed by atoms with van der Waals surface area (Å²) in [5, 5.41) is 20.4. The van der Waals surface area contributed by atoms with Gasteiger partial charge < -0.3 is 19.8 Å². The minimum absolute atomic E-state index is 0.0604. The summed E-state index contributed by atoms with van der Waals surface area (Å²) in [7, 11) is 0. The van der Waals surface area contributed by atoms with Crippen molar-refractivity contribution in [1.82, 2.24) is 4.57 Å². The average Bonchev–Trinajstić information content (AvgIpc) is 2.59. The summed E-state index contributed by atoms with van der Waals surface area (Å²) >= 11 is 0. The van der Waals surface area contributed by atoms with Crippen molar-refractivity contribution in [1.29, 1.82) is 0 Å². The van der Waals surface area contributed by atoms with Gasteiger partial charge in [0.25, 0.3) is 0 Å². The first-order valence-corrected chi connectivity index (χ1v) is 4.52. The molecule has 0 aliphatic carbocycles. The molecule has 15 heavy (non-hydrogen) atoms. The largest absolute Gasteiger partial charge is 0.550 e. The summed E-state index contributed by atoms with van der Waals surface area (Å²) in [6, 6.07) is 0. The lowest BCUT2D eigenvalue weighted by atomic mass is 10.4. The number of carbonyl (C=O) groups is 2. The van der Waals surface area contributed by atoms with Gasteiger partial charge in [0.15, 0.2) is 0 Å². The van der Waals surface area contributed by atoms with Gasteiger partial charge in [0.2, 0.25) is 6.33 Å². The number of hydrogen-bond donors (Lipinski definition) is 0. The van der Waals surface area contributed by atoms with Crippen LogP contribution in [0.2, 0.25) is 0 Å². The molecule has 0 aliphatic rings. The van der Waals surface area contributed by atoms with Gasteiger partial charge in [-0.15, -0.1) is 0 Å². The maximum atomic E-state index is 10.2. The fraction of sp³-hybridized carbons (Fsp3) is 0.444. The molecule has 0 saturated heterocycles. The van der Waals surface area contributed by atoms with Gasteiger partial charge in [0, 0.05) is 24.8 Å². The molecule has 0 aromatic carbocycles. The second-order valence-electron chi connectivity index (χ2n) is 3.13. The summed E-state index contributed by atoms with van der Waals surface area (Å²) in [4.78, 5) is 20.4. The van der Waals surface area contributed by atoms with E-state index in [0.717, 1.165) is 0 Å². The first-order valence-electron chi connectivity index (χ1n) is 4.52. The average molecular weight is 211 g/mol. The highest BCUT2D eigenvalue weighted by molar-refractivity contribution is 5.64. The minimum atomic E-state index is -1.11. The van der Waals surface area contributed by atoms with E-state index in [2.05, 4.69) is 0 Å². The minimum Gasteiger partial charge on any atom is -0.550 e. The topological polar surface area (TPSA) is 89.1 Å². The normalized spacial score (nSPS) is 10.1. The van der Waals surface area contributed by atoms with Crippen molar-refractivity contribution >= 4 is 11.9 Å². The van der Waals surface area contributed by atoms with E-state index in [9.17, 15) is 19.8 Å². The van der Waals surface area contributed by atoms with Crippen LogP contribution < -0.4 is 14.8 Å². The van der Waals surface area contributed by atoms with Crippen LogP contribution in [0.15, 0.2) is 18.7 Å². The predicted octanol–water partition coefficient (Wildman–Crippen LogP) is -2.94. The number of carbonyl (C=O) groups excluding carboxylic acids is 2. The van der Waals surface area contributed by atoms with E-state index in [4.69, 9.17) is 0 Å². The third-order valence-electron chi connectivity index (χ3n) is 1.89. The molecule has 0 radical (unpaired) electrons. The van der Waals surface area contributed by atoms with Gasteiger partial charge in [-0.3, -0.25) is 0 Å². The SMILES string of the molecule is O=C([O-])CCn1cc[n+](CCC(=O)[O-])c1. The van der Waals surface area contributed by atoms with Crippen LogP contribution in [-0.2, 0) is 22.7 Å². The van der Waals surface area contributed by atoms with Crippen LogP contribution in [0.5, 0.6) is 0 Å². The quantitative estimate of drug-likeness (QED) is 0.471. The Bertz CT molecular complexity index is 326. The lowest BCUT2D eigenvalue weighted by molar-refractivity contribution is -0.696. The lowest BCUT2D eigenvalue weighted by Gasteiger charge is -1.99. The molecule has 0 fully saturated rings. The fourth-order valence-corrected chi connectivity index (χ4v) is 1.14. The Balaban J connectivity index is 2.41. The number of rotatable bonds is 6. The molecule has 1 aromatic rings. The fourth-order valence-electron chi connectivity index (χ4n) is 1.14. The van der Waals surface area contributed by atoms with Crippen LogP contribution in [0, 0.1) is 0 Å². The highest BCUT2D eigenvalue weighted by Crippen LogP contribution is 1.89. The van der Waals surface area contributed by atoms with Crippen molar-refractivity contribution in [2.75, 3.05) is 0 Å². The van der Waals surface area contributed by atoms with Gasteiger partial charge in [0.1, 0.15) is 12.4 Å². The Morgan fingerprint density at radius 3 is 2.47 bits per heavy atom. The summed E-state index contributed by atoms with van der Waals surface area (Å²) in [6.45, 7) is 0.640. The second kappa shape index (κ2) is 5.14. The summed E-state index contributed by atoms with van der Waals surface area (Å²) in [5.74, 6) is -2.21. The Hall–Kier alpha value is -1.85. The van der Waals surface area contributed by atoms with Gasteiger partial charge in [0.05, 0.1) is 13.1 Å². The zero-order valence-electron chi connectivity index (χ0n) is 8.09. The molecule has 6 nitrogen and oxygen atoms in total. The number of imidazole rings is 1. The van der Waals surface area contributed by atoms with Crippen LogP contribution in [0.25, 0.3) is 0 Å². The van der Waals surface area contributed by atoms with Crippen LogP contribution in [0.3, 0.4) is 0 Å². The molecule has 0 bridgehead atoms. The van der Waals surface area contributed by atoms with Crippen molar-refractivity contribution in [2.45, 2.75) is 25.9 Å². The summed E-state index contributed by atoms with van der Waals surface area (Å²) in [5.41, 5.74) is 0. The maximum Gasteiger partial charge on any atom is 0.243 e. The zero-order valence-corrected chi connectivity index (χ0v) is 8.09. The van der Waals surface area contributed by atoms with Crippen molar-refractivity contribution in [3.63, 3.8) is 0 Å². The molecule has 82 valence electrons. The van der Waals surface area contributed by atoms with Crippen LogP contribution in [0.1, 0.15) is 12.8 Å². The lowest BCUT2D eigenvalue weighted by Crippen LogP contribution is -2.35. The number of carboxylic acid groups (broad SMARTS) is 2. The molecule has 0 unspecified atom stereocenters. The third kappa shape index (κ3) is 4.26. The van der Waals surface area contributed by atoms with E-state index in [-0.39, 0.29) is 12.8 Å². The molecule has 0 N–H and O–H groups in total. The summed E-state index contributed by atoms with van der Waals surface area (Å²) < 4.78 is 3.32. The van der Waals surface area contributed by atoms with Gasteiger partial charge in [-0.05, 0) is 0 Å². The number of hydrogen-bond acceptors (Lipinski definition) is 4. The van der Waals surface area contributed by atoms with E-state index in [0.29, 0.717) is 13.1 Å². The number of aliphatic carboxylic acids is 2. The molecule has 0 amide bonds. The number of carboxylic acids is 2. The second-order valence-corrected chi connectivity index (χ2v) is 3.13. The highest BCUT2D eigenvalue weighted by atomic mass is 16.4. The zero-order chi connectivity index (χ0) is 11.3. The van der Waals surface area contributed by atoms with Crippen molar-refractivity contribution < 1.29 is 24.4 Å². The molecule has 1 heterocycles. The molecule has 6 heteroatoms.